The van der Waals surface area contributed by atoms with Crippen LogP contribution in [0.15, 0.2) is 47.8 Å². The van der Waals surface area contributed by atoms with Crippen LogP contribution in [-0.4, -0.2) is 29.3 Å². The van der Waals surface area contributed by atoms with Gasteiger partial charge in [0.25, 0.3) is 0 Å². The van der Waals surface area contributed by atoms with Gasteiger partial charge in [-0.05, 0) is 42.8 Å². The van der Waals surface area contributed by atoms with Crippen LogP contribution in [0.25, 0.3) is 0 Å². The quantitative estimate of drug-likeness (QED) is 0.915. The fourth-order valence-electron chi connectivity index (χ4n) is 2.91. The molecule has 5 heteroatoms. The second kappa shape index (κ2) is 7.42. The summed E-state index contributed by atoms with van der Waals surface area (Å²) >= 11 is 1.67. The van der Waals surface area contributed by atoms with Crippen LogP contribution in [-0.2, 0) is 16.0 Å². The lowest BCUT2D eigenvalue weighted by Crippen LogP contribution is -2.43. The van der Waals surface area contributed by atoms with Gasteiger partial charge in [0, 0.05) is 23.5 Å². The Morgan fingerprint density at radius 1 is 1.17 bits per heavy atom. The molecule has 2 aromatic rings. The van der Waals surface area contributed by atoms with Gasteiger partial charge >= 0.3 is 0 Å². The number of para-hydroxylation sites is 1. The number of thiophene rings is 1. The molecule has 0 radical (unpaired) electrons. The Hall–Kier alpha value is -2.14. The second-order valence-corrected chi connectivity index (χ2v) is 6.71. The summed E-state index contributed by atoms with van der Waals surface area (Å²) in [5.41, 5.74) is 0.774. The average molecular weight is 328 g/mol. The van der Waals surface area contributed by atoms with Crippen molar-refractivity contribution in [2.24, 2.45) is 0 Å². The van der Waals surface area contributed by atoms with Crippen LogP contribution in [0.2, 0.25) is 0 Å². The summed E-state index contributed by atoms with van der Waals surface area (Å²) in [4.78, 5) is 27.9. The highest BCUT2D eigenvalue weighted by atomic mass is 32.1. The summed E-state index contributed by atoms with van der Waals surface area (Å²) in [6, 6.07) is 13.1. The molecule has 0 aliphatic carbocycles. The fourth-order valence-corrected chi connectivity index (χ4v) is 3.62. The molecule has 1 aromatic heterocycles. The number of rotatable bonds is 5. The Bertz CT molecular complexity index is 655. The molecule has 4 nitrogen and oxygen atoms in total. The van der Waals surface area contributed by atoms with Crippen molar-refractivity contribution >= 4 is 28.8 Å². The van der Waals surface area contributed by atoms with E-state index in [0.717, 1.165) is 24.9 Å². The Balaban J connectivity index is 1.58. The van der Waals surface area contributed by atoms with Gasteiger partial charge in [0.2, 0.25) is 11.8 Å². The van der Waals surface area contributed by atoms with Gasteiger partial charge in [-0.25, -0.2) is 0 Å². The number of likely N-dealkylation sites (tertiary alicyclic amines) is 1. The van der Waals surface area contributed by atoms with Crippen LogP contribution in [0.3, 0.4) is 0 Å². The first-order valence-electron chi connectivity index (χ1n) is 7.92. The van der Waals surface area contributed by atoms with Gasteiger partial charge in [-0.3, -0.25) is 9.59 Å². The van der Waals surface area contributed by atoms with E-state index in [1.807, 2.05) is 47.8 Å². The molecule has 0 saturated carbocycles. The fraction of sp³-hybridized carbons (Fsp3) is 0.333. The lowest BCUT2D eigenvalue weighted by molar-refractivity contribution is -0.136. The molecule has 1 aromatic carbocycles. The zero-order valence-corrected chi connectivity index (χ0v) is 13.7. The number of hydrogen-bond donors (Lipinski definition) is 1. The van der Waals surface area contributed by atoms with E-state index < -0.39 is 0 Å². The molecule has 1 unspecified atom stereocenters. The van der Waals surface area contributed by atoms with Crippen molar-refractivity contribution in [3.05, 3.63) is 52.7 Å². The van der Waals surface area contributed by atoms with Crippen LogP contribution < -0.4 is 5.32 Å². The zero-order valence-electron chi connectivity index (χ0n) is 12.9. The normalized spacial score (nSPS) is 17.2. The second-order valence-electron chi connectivity index (χ2n) is 5.68. The van der Waals surface area contributed by atoms with E-state index in [1.54, 1.807) is 16.2 Å². The van der Waals surface area contributed by atoms with E-state index in [1.165, 1.54) is 4.88 Å². The molecule has 1 N–H and O–H groups in total. The summed E-state index contributed by atoms with van der Waals surface area (Å²) in [6.07, 6.45) is 2.84. The smallest absolute Gasteiger partial charge is 0.247 e. The zero-order chi connectivity index (χ0) is 16.1. The Morgan fingerprint density at radius 2 is 2.00 bits per heavy atom. The number of carbonyl (C=O) groups is 2. The first-order valence-corrected chi connectivity index (χ1v) is 8.80. The number of amides is 2. The Morgan fingerprint density at radius 3 is 2.74 bits per heavy atom. The molecule has 1 atom stereocenters. The van der Waals surface area contributed by atoms with Crippen molar-refractivity contribution in [3.63, 3.8) is 0 Å². The van der Waals surface area contributed by atoms with Crippen molar-refractivity contribution in [2.45, 2.75) is 31.7 Å². The van der Waals surface area contributed by atoms with Gasteiger partial charge in [0.1, 0.15) is 6.04 Å². The molecule has 1 saturated heterocycles. The maximum Gasteiger partial charge on any atom is 0.247 e. The van der Waals surface area contributed by atoms with Crippen molar-refractivity contribution < 1.29 is 9.59 Å². The number of hydrogen-bond acceptors (Lipinski definition) is 3. The summed E-state index contributed by atoms with van der Waals surface area (Å²) in [6.45, 7) is 0.677. The van der Waals surface area contributed by atoms with Crippen molar-refractivity contribution in [1.29, 1.82) is 0 Å². The number of nitrogens with zero attached hydrogens (tertiary/aromatic N) is 1. The van der Waals surface area contributed by atoms with Gasteiger partial charge in [0.05, 0.1) is 0 Å². The third kappa shape index (κ3) is 3.99. The third-order valence-electron chi connectivity index (χ3n) is 4.08. The van der Waals surface area contributed by atoms with Gasteiger partial charge in [-0.2, -0.15) is 0 Å². The van der Waals surface area contributed by atoms with Gasteiger partial charge in [-0.15, -0.1) is 11.3 Å². The van der Waals surface area contributed by atoms with Gasteiger partial charge in [-0.1, -0.05) is 24.3 Å². The lowest BCUT2D eigenvalue weighted by Gasteiger charge is -2.24. The molecule has 1 aliphatic heterocycles. The van der Waals surface area contributed by atoms with E-state index in [-0.39, 0.29) is 17.9 Å². The number of nitrogens with one attached hydrogen (secondary N) is 1. The maximum atomic E-state index is 12.5. The third-order valence-corrected chi connectivity index (χ3v) is 5.02. The maximum absolute atomic E-state index is 12.5. The first kappa shape index (κ1) is 15.7. The standard InChI is InChI=1S/C18H20N2O2S/c21-17(11-10-15-8-5-13-23-15)20-12-4-9-16(20)18(22)19-14-6-2-1-3-7-14/h1-3,5-8,13,16H,4,9-12H2,(H,19,22). The molecule has 1 aliphatic rings. The molecule has 2 amide bonds. The summed E-state index contributed by atoms with van der Waals surface area (Å²) in [7, 11) is 0. The largest absolute Gasteiger partial charge is 0.331 e. The molecular formula is C18H20N2O2S. The van der Waals surface area contributed by atoms with Gasteiger partial charge in [0.15, 0.2) is 0 Å². The summed E-state index contributed by atoms with van der Waals surface area (Å²) < 4.78 is 0. The number of anilines is 1. The number of carbonyl (C=O) groups excluding carboxylic acids is 2. The Labute approximate surface area is 140 Å². The van der Waals surface area contributed by atoms with Crippen LogP contribution in [0, 0.1) is 0 Å². The summed E-state index contributed by atoms with van der Waals surface area (Å²) in [5.74, 6) is -0.0118. The first-order chi connectivity index (χ1) is 11.2. The number of benzene rings is 1. The lowest BCUT2D eigenvalue weighted by atomic mass is 10.1. The minimum Gasteiger partial charge on any atom is -0.331 e. The molecule has 2 heterocycles. The van der Waals surface area contributed by atoms with Crippen molar-refractivity contribution in [1.82, 2.24) is 4.90 Å². The highest BCUT2D eigenvalue weighted by Gasteiger charge is 2.33. The van der Waals surface area contributed by atoms with E-state index in [0.29, 0.717) is 13.0 Å². The van der Waals surface area contributed by atoms with E-state index in [4.69, 9.17) is 0 Å². The van der Waals surface area contributed by atoms with Crippen LogP contribution in [0.5, 0.6) is 0 Å². The minimum absolute atomic E-state index is 0.0733. The molecule has 3 rings (SSSR count). The van der Waals surface area contributed by atoms with Crippen LogP contribution >= 0.6 is 11.3 Å². The highest BCUT2D eigenvalue weighted by molar-refractivity contribution is 7.09. The predicted octanol–water partition coefficient (Wildman–Crippen LogP) is 3.31. The topological polar surface area (TPSA) is 49.4 Å². The Kier molecular flexibility index (Phi) is 5.08. The summed E-state index contributed by atoms with van der Waals surface area (Å²) in [5, 5.41) is 4.93. The van der Waals surface area contributed by atoms with Crippen molar-refractivity contribution in [3.8, 4) is 0 Å². The molecule has 0 spiro atoms. The average Bonchev–Trinajstić information content (AvgIpc) is 3.25. The number of aryl methyl sites for hydroxylation is 1. The molecule has 1 fully saturated rings. The van der Waals surface area contributed by atoms with Crippen LogP contribution in [0.4, 0.5) is 5.69 Å². The van der Waals surface area contributed by atoms with E-state index in [9.17, 15) is 9.59 Å². The SMILES string of the molecule is O=C(Nc1ccccc1)C1CCCN1C(=O)CCc1cccs1. The molecule has 0 bridgehead atoms. The van der Waals surface area contributed by atoms with Gasteiger partial charge < -0.3 is 10.2 Å². The monoisotopic (exact) mass is 328 g/mol. The van der Waals surface area contributed by atoms with E-state index in [2.05, 4.69) is 5.32 Å². The molecule has 120 valence electrons. The minimum atomic E-state index is -0.342. The molecule has 23 heavy (non-hydrogen) atoms. The van der Waals surface area contributed by atoms with Crippen molar-refractivity contribution in [2.75, 3.05) is 11.9 Å². The van der Waals surface area contributed by atoms with E-state index >= 15 is 0 Å². The highest BCUT2D eigenvalue weighted by Crippen LogP contribution is 2.21. The molecular weight excluding hydrogens is 308 g/mol. The van der Waals surface area contributed by atoms with Crippen LogP contribution in [0.1, 0.15) is 24.1 Å². The predicted molar refractivity (Wildman–Crippen MR) is 92.4 cm³/mol.